The molecule has 11 N–H and O–H groups in total. The summed E-state index contributed by atoms with van der Waals surface area (Å²) in [7, 11) is 0. The fourth-order valence-electron chi connectivity index (χ4n) is 5.86. The van der Waals surface area contributed by atoms with E-state index in [-0.39, 0.29) is 34.5 Å². The number of carbonyl (C=O) groups excluding carboxylic acids is 1. The van der Waals surface area contributed by atoms with Crippen LogP contribution in [0.3, 0.4) is 0 Å². The standard InChI is InChI=1S/C20H36N6O.C19H28N6O/c1-15(10-21)13-26-14-17(24-19(27)25-20(2,3)4)9-18(26)12-22-11-16-7-5-6-8-23-16;1-19(2,3)17-24-12-15(16(26)25-17)14-7-5-13(6-8-14)11-22-9-4-10-23-18(20)21/h5-8,15,17-18,22H,9-14,21H2,1-4H3,(H2,24,25,27);5-8,12,22H,4,9-11H2,1-3H3,(H4,20,21,23)(H,24,25,26)/t15-,17+,18-;/m0./s1. The lowest BCUT2D eigenvalue weighted by Gasteiger charge is -2.27. The monoisotopic (exact) mass is 733 g/mol. The van der Waals surface area contributed by atoms with E-state index in [4.69, 9.17) is 17.2 Å². The maximum absolute atomic E-state index is 12.4. The van der Waals surface area contributed by atoms with Crippen molar-refractivity contribution in [2.75, 3.05) is 39.3 Å². The summed E-state index contributed by atoms with van der Waals surface area (Å²) in [6.45, 7) is 20.5. The van der Waals surface area contributed by atoms with Crippen LogP contribution in [0.15, 0.2) is 64.6 Å². The molecule has 0 saturated carbocycles. The van der Waals surface area contributed by atoms with Crippen molar-refractivity contribution in [1.29, 1.82) is 0 Å². The van der Waals surface area contributed by atoms with Crippen molar-refractivity contribution < 1.29 is 4.79 Å². The number of aliphatic imine (C=N–C) groups is 1. The number of pyridine rings is 1. The highest BCUT2D eigenvalue weighted by Gasteiger charge is 2.33. The summed E-state index contributed by atoms with van der Waals surface area (Å²) in [6, 6.07) is 14.3. The number of guanidine groups is 1. The van der Waals surface area contributed by atoms with Gasteiger partial charge in [0.05, 0.1) is 11.3 Å². The summed E-state index contributed by atoms with van der Waals surface area (Å²) >= 11 is 0. The van der Waals surface area contributed by atoms with Crippen molar-refractivity contribution in [3.05, 3.63) is 82.3 Å². The van der Waals surface area contributed by atoms with Crippen LogP contribution in [0.1, 0.15) is 78.4 Å². The third-order valence-corrected chi connectivity index (χ3v) is 8.62. The number of likely N-dealkylation sites (tertiary alicyclic amines) is 1. The molecule has 2 aromatic heterocycles. The van der Waals surface area contributed by atoms with Crippen LogP contribution >= 0.6 is 0 Å². The SMILES string of the molecule is CC(C)(C)c1ncc(-c2ccc(CNCCCN=C(N)N)cc2)c(=O)[nH]1.C[C@@H](CN)CN1C[C@H](NC(=O)NC(C)(C)C)C[C@H]1CNCc1ccccn1. The summed E-state index contributed by atoms with van der Waals surface area (Å²) in [5.41, 5.74) is 19.5. The van der Waals surface area contributed by atoms with Crippen LogP contribution < -0.4 is 44.0 Å². The molecule has 2 amide bonds. The Bertz CT molecular complexity index is 1610. The van der Waals surface area contributed by atoms with E-state index in [0.717, 1.165) is 68.9 Å². The number of amides is 2. The van der Waals surface area contributed by atoms with Crippen LogP contribution in [0, 0.1) is 5.92 Å². The quantitative estimate of drug-likeness (QED) is 0.0649. The Morgan fingerprint density at radius 1 is 1.04 bits per heavy atom. The van der Waals surface area contributed by atoms with Crippen LogP contribution in [-0.4, -0.2) is 88.7 Å². The minimum atomic E-state index is -0.236. The molecule has 3 heterocycles. The van der Waals surface area contributed by atoms with Gasteiger partial charge in [0.15, 0.2) is 5.96 Å². The lowest BCUT2D eigenvalue weighted by Crippen LogP contribution is -2.50. The first-order chi connectivity index (χ1) is 25.0. The van der Waals surface area contributed by atoms with Gasteiger partial charge in [0.25, 0.3) is 5.56 Å². The summed E-state index contributed by atoms with van der Waals surface area (Å²) in [5, 5.41) is 13.0. The summed E-state index contributed by atoms with van der Waals surface area (Å²) in [4.78, 5) is 42.6. The van der Waals surface area contributed by atoms with Gasteiger partial charge in [0, 0.05) is 74.7 Å². The number of nitrogens with zero attached hydrogens (tertiary/aromatic N) is 4. The van der Waals surface area contributed by atoms with Crippen LogP contribution in [0.2, 0.25) is 0 Å². The zero-order valence-corrected chi connectivity index (χ0v) is 32.8. The first kappa shape index (κ1) is 43.0. The molecule has 3 atom stereocenters. The molecule has 1 saturated heterocycles. The molecule has 1 aromatic carbocycles. The summed E-state index contributed by atoms with van der Waals surface area (Å²) in [5.74, 6) is 1.25. The number of hydrogen-bond donors (Lipinski definition) is 8. The maximum Gasteiger partial charge on any atom is 0.315 e. The first-order valence-corrected chi connectivity index (χ1v) is 18.6. The van der Waals surface area contributed by atoms with E-state index in [1.165, 1.54) is 0 Å². The predicted octanol–water partition coefficient (Wildman–Crippen LogP) is 2.79. The largest absolute Gasteiger partial charge is 0.370 e. The van der Waals surface area contributed by atoms with Crippen molar-refractivity contribution >= 4 is 12.0 Å². The molecule has 292 valence electrons. The van der Waals surface area contributed by atoms with Gasteiger partial charge in [-0.25, -0.2) is 9.78 Å². The second kappa shape index (κ2) is 20.8. The van der Waals surface area contributed by atoms with Crippen molar-refractivity contribution in [2.45, 2.75) is 97.4 Å². The molecule has 0 radical (unpaired) electrons. The normalized spacial score (nSPS) is 16.7. The lowest BCUT2D eigenvalue weighted by molar-refractivity contribution is 0.213. The van der Waals surface area contributed by atoms with E-state index in [9.17, 15) is 9.59 Å². The number of H-pyrrole nitrogens is 1. The molecule has 14 heteroatoms. The highest BCUT2D eigenvalue weighted by Crippen LogP contribution is 2.21. The van der Waals surface area contributed by atoms with Gasteiger partial charge >= 0.3 is 6.03 Å². The fourth-order valence-corrected chi connectivity index (χ4v) is 5.86. The lowest BCUT2D eigenvalue weighted by atomic mass is 9.95. The molecule has 0 aliphatic carbocycles. The molecule has 3 aromatic rings. The van der Waals surface area contributed by atoms with Gasteiger partial charge in [-0.1, -0.05) is 58.0 Å². The Balaban J connectivity index is 0.000000286. The van der Waals surface area contributed by atoms with Crippen LogP contribution in [0.25, 0.3) is 11.1 Å². The average Bonchev–Trinajstić information content (AvgIpc) is 3.45. The fraction of sp³-hybridized carbons (Fsp3) is 0.564. The highest BCUT2D eigenvalue weighted by atomic mass is 16.2. The third-order valence-electron chi connectivity index (χ3n) is 8.62. The van der Waals surface area contributed by atoms with Crippen molar-refractivity contribution in [1.82, 2.24) is 41.1 Å². The molecule has 1 fully saturated rings. The molecule has 4 rings (SSSR count). The van der Waals surface area contributed by atoms with Crippen molar-refractivity contribution in [3.8, 4) is 11.1 Å². The van der Waals surface area contributed by atoms with Gasteiger partial charge in [-0.2, -0.15) is 0 Å². The molecule has 1 aliphatic rings. The Morgan fingerprint density at radius 2 is 1.77 bits per heavy atom. The zero-order valence-electron chi connectivity index (χ0n) is 32.8. The van der Waals surface area contributed by atoms with Crippen LogP contribution in [0.5, 0.6) is 0 Å². The van der Waals surface area contributed by atoms with Gasteiger partial charge in [0.1, 0.15) is 5.82 Å². The van der Waals surface area contributed by atoms with Crippen molar-refractivity contribution in [3.63, 3.8) is 0 Å². The molecule has 1 aliphatic heterocycles. The second-order valence-electron chi connectivity index (χ2n) is 15.9. The van der Waals surface area contributed by atoms with Crippen LogP contribution in [0.4, 0.5) is 4.79 Å². The molecule has 0 spiro atoms. The number of urea groups is 1. The maximum atomic E-state index is 12.4. The van der Waals surface area contributed by atoms with E-state index in [1.54, 1.807) is 6.20 Å². The number of carbonyl (C=O) groups is 1. The number of hydrogen-bond acceptors (Lipinski definition) is 9. The molecule has 14 nitrogen and oxygen atoms in total. The van der Waals surface area contributed by atoms with Gasteiger partial charge in [-0.3, -0.25) is 19.7 Å². The molecular formula is C39H64N12O2. The minimum absolute atomic E-state index is 0.0959. The van der Waals surface area contributed by atoms with Crippen LogP contribution in [-0.2, 0) is 18.5 Å². The molecule has 0 unspecified atom stereocenters. The number of benzene rings is 1. The molecular weight excluding hydrogens is 669 g/mol. The van der Waals surface area contributed by atoms with Gasteiger partial charge in [-0.05, 0) is 75.9 Å². The minimum Gasteiger partial charge on any atom is -0.370 e. The Hall–Kier alpha value is -4.37. The zero-order chi connectivity index (χ0) is 39.0. The van der Waals surface area contributed by atoms with E-state index >= 15 is 0 Å². The van der Waals surface area contributed by atoms with Gasteiger partial charge in [-0.15, -0.1) is 0 Å². The molecule has 53 heavy (non-hydrogen) atoms. The van der Waals surface area contributed by atoms with E-state index < -0.39 is 0 Å². The predicted molar refractivity (Wildman–Crippen MR) is 215 cm³/mol. The van der Waals surface area contributed by atoms with E-state index in [2.05, 4.69) is 53.0 Å². The molecule has 0 bridgehead atoms. The van der Waals surface area contributed by atoms with Crippen molar-refractivity contribution in [2.24, 2.45) is 28.1 Å². The third kappa shape index (κ3) is 16.0. The number of nitrogens with two attached hydrogens (primary N) is 3. The Morgan fingerprint density at radius 3 is 2.38 bits per heavy atom. The highest BCUT2D eigenvalue weighted by molar-refractivity contribution is 5.75. The summed E-state index contributed by atoms with van der Waals surface area (Å²) in [6.07, 6.45) is 5.27. The van der Waals surface area contributed by atoms with E-state index in [1.807, 2.05) is 90.2 Å². The topological polar surface area (TPSA) is 217 Å². The van der Waals surface area contributed by atoms with Gasteiger partial charge < -0.3 is 43.5 Å². The number of aromatic amines is 1. The second-order valence-corrected chi connectivity index (χ2v) is 15.9. The average molecular weight is 733 g/mol. The van der Waals surface area contributed by atoms with E-state index in [0.29, 0.717) is 36.4 Å². The smallest absolute Gasteiger partial charge is 0.315 e. The Labute approximate surface area is 315 Å². The number of aromatic nitrogens is 3. The van der Waals surface area contributed by atoms with Gasteiger partial charge in [0.2, 0.25) is 0 Å². The number of nitrogens with one attached hydrogen (secondary N) is 5. The number of rotatable bonds is 15. The Kier molecular flexibility index (Phi) is 16.9. The first-order valence-electron chi connectivity index (χ1n) is 18.6. The summed E-state index contributed by atoms with van der Waals surface area (Å²) < 4.78 is 0.